The van der Waals surface area contributed by atoms with Crippen LogP contribution in [-0.4, -0.2) is 35.3 Å². The predicted octanol–water partition coefficient (Wildman–Crippen LogP) is 4.84. The lowest BCUT2D eigenvalue weighted by Gasteiger charge is -2.08. The summed E-state index contributed by atoms with van der Waals surface area (Å²) in [4.78, 5) is 21.2. The van der Waals surface area contributed by atoms with Crippen LogP contribution in [0.5, 0.6) is 11.5 Å². The molecule has 2 aromatic heterocycles. The van der Waals surface area contributed by atoms with Crippen molar-refractivity contribution in [1.29, 1.82) is 0 Å². The highest BCUT2D eigenvalue weighted by molar-refractivity contribution is 7.14. The van der Waals surface area contributed by atoms with Gasteiger partial charge >= 0.3 is 0 Å². The smallest absolute Gasteiger partial charge is 0.226 e. The molecule has 1 N–H and O–H groups in total. The molecule has 0 aliphatic rings. The third kappa shape index (κ3) is 5.12. The number of hydrogen-bond acceptors (Lipinski definition) is 8. The van der Waals surface area contributed by atoms with E-state index in [0.29, 0.717) is 47.6 Å². The predicted molar refractivity (Wildman–Crippen MR) is 122 cm³/mol. The van der Waals surface area contributed by atoms with E-state index in [0.717, 1.165) is 16.8 Å². The van der Waals surface area contributed by atoms with E-state index in [9.17, 15) is 4.79 Å². The van der Waals surface area contributed by atoms with E-state index in [4.69, 9.17) is 14.0 Å². The van der Waals surface area contributed by atoms with Gasteiger partial charge in [-0.1, -0.05) is 35.5 Å². The molecule has 4 aromatic rings. The van der Waals surface area contributed by atoms with Crippen LogP contribution in [0.2, 0.25) is 0 Å². The second kappa shape index (κ2) is 10.1. The molecule has 0 aliphatic heterocycles. The lowest BCUT2D eigenvalue weighted by atomic mass is 10.1. The first-order chi connectivity index (χ1) is 15.7. The maximum absolute atomic E-state index is 12.3. The highest BCUT2D eigenvalue weighted by Crippen LogP contribution is 2.33. The fourth-order valence-electron chi connectivity index (χ4n) is 3.10. The van der Waals surface area contributed by atoms with Crippen molar-refractivity contribution in [3.05, 3.63) is 59.8 Å². The number of nitrogens with zero attached hydrogens (tertiary/aromatic N) is 3. The number of amides is 1. The van der Waals surface area contributed by atoms with Gasteiger partial charge in [-0.15, -0.1) is 11.3 Å². The monoisotopic (exact) mass is 450 g/mol. The molecule has 2 aromatic carbocycles. The normalized spacial score (nSPS) is 10.7. The number of rotatable bonds is 9. The third-order valence-corrected chi connectivity index (χ3v) is 5.48. The molecule has 164 valence electrons. The summed E-state index contributed by atoms with van der Waals surface area (Å²) in [6.45, 7) is 0. The molecule has 8 nitrogen and oxygen atoms in total. The van der Waals surface area contributed by atoms with E-state index in [2.05, 4.69) is 20.4 Å². The molecule has 32 heavy (non-hydrogen) atoms. The molecule has 0 atom stereocenters. The van der Waals surface area contributed by atoms with Gasteiger partial charge in [-0.05, 0) is 24.6 Å². The Hall–Kier alpha value is -3.72. The Labute approximate surface area is 189 Å². The zero-order valence-corrected chi connectivity index (χ0v) is 18.5. The van der Waals surface area contributed by atoms with Crippen LogP contribution < -0.4 is 14.8 Å². The average molecular weight is 451 g/mol. The van der Waals surface area contributed by atoms with Gasteiger partial charge in [0.25, 0.3) is 0 Å². The largest absolute Gasteiger partial charge is 0.493 e. The quantitative estimate of drug-likeness (QED) is 0.389. The second-order valence-corrected chi connectivity index (χ2v) is 7.75. The number of carbonyl (C=O) groups is 1. The van der Waals surface area contributed by atoms with Gasteiger partial charge in [0, 0.05) is 29.3 Å². The summed E-state index contributed by atoms with van der Waals surface area (Å²) in [5.74, 6) is 2.23. The van der Waals surface area contributed by atoms with Crippen LogP contribution in [0.4, 0.5) is 5.13 Å². The Morgan fingerprint density at radius 3 is 2.62 bits per heavy atom. The molecule has 0 bridgehead atoms. The van der Waals surface area contributed by atoms with E-state index in [1.165, 1.54) is 11.3 Å². The van der Waals surface area contributed by atoms with Crippen molar-refractivity contribution >= 4 is 22.4 Å². The van der Waals surface area contributed by atoms with Crippen molar-refractivity contribution in [3.63, 3.8) is 0 Å². The number of benzene rings is 2. The fraction of sp³-hybridized carbons (Fsp3) is 0.217. The van der Waals surface area contributed by atoms with Gasteiger partial charge in [0.05, 0.1) is 19.9 Å². The second-order valence-electron chi connectivity index (χ2n) is 6.89. The van der Waals surface area contributed by atoms with Crippen molar-refractivity contribution in [3.8, 4) is 34.1 Å². The molecule has 2 heterocycles. The highest BCUT2D eigenvalue weighted by Gasteiger charge is 2.12. The maximum Gasteiger partial charge on any atom is 0.226 e. The highest BCUT2D eigenvalue weighted by atomic mass is 32.1. The summed E-state index contributed by atoms with van der Waals surface area (Å²) in [7, 11) is 3.18. The number of nitrogens with one attached hydrogen (secondary N) is 1. The Balaban J connectivity index is 1.29. The van der Waals surface area contributed by atoms with Crippen molar-refractivity contribution in [2.75, 3.05) is 19.5 Å². The number of thiazole rings is 1. The van der Waals surface area contributed by atoms with Gasteiger partial charge < -0.3 is 19.3 Å². The summed E-state index contributed by atoms with van der Waals surface area (Å²) < 4.78 is 15.9. The maximum atomic E-state index is 12.3. The van der Waals surface area contributed by atoms with Crippen molar-refractivity contribution in [2.24, 2.45) is 0 Å². The average Bonchev–Trinajstić information content (AvgIpc) is 3.49. The Bertz CT molecular complexity index is 1190. The molecular weight excluding hydrogens is 428 g/mol. The van der Waals surface area contributed by atoms with Crippen LogP contribution >= 0.6 is 11.3 Å². The minimum Gasteiger partial charge on any atom is -0.493 e. The van der Waals surface area contributed by atoms with Crippen LogP contribution in [0.1, 0.15) is 18.7 Å². The van der Waals surface area contributed by atoms with Crippen LogP contribution in [-0.2, 0) is 11.2 Å². The number of hydrogen-bond donors (Lipinski definition) is 1. The summed E-state index contributed by atoms with van der Waals surface area (Å²) in [6.07, 6.45) is 1.45. The van der Waals surface area contributed by atoms with Gasteiger partial charge in [0.2, 0.25) is 17.6 Å². The van der Waals surface area contributed by atoms with Gasteiger partial charge in [0.15, 0.2) is 16.6 Å². The Morgan fingerprint density at radius 1 is 1.03 bits per heavy atom. The Morgan fingerprint density at radius 2 is 1.84 bits per heavy atom. The minimum absolute atomic E-state index is 0.110. The molecule has 0 aliphatic carbocycles. The first-order valence-electron chi connectivity index (χ1n) is 10.0. The van der Waals surface area contributed by atoms with Crippen molar-refractivity contribution in [2.45, 2.75) is 19.3 Å². The lowest BCUT2D eigenvalue weighted by molar-refractivity contribution is -0.116. The van der Waals surface area contributed by atoms with Gasteiger partial charge in [0.1, 0.15) is 0 Å². The van der Waals surface area contributed by atoms with E-state index in [1.807, 2.05) is 53.9 Å². The van der Waals surface area contributed by atoms with Crippen LogP contribution in [0.15, 0.2) is 58.4 Å². The number of carbonyl (C=O) groups excluding carboxylic acids is 1. The van der Waals surface area contributed by atoms with Gasteiger partial charge in [-0.3, -0.25) is 4.79 Å². The SMILES string of the molecule is COc1ccc(-c2csc(NC(=O)CCCc3nc(-c4ccccc4)no3)n2)cc1OC. The number of methoxy groups -OCH3 is 2. The van der Waals surface area contributed by atoms with Crippen LogP contribution in [0.3, 0.4) is 0 Å². The fourth-order valence-corrected chi connectivity index (χ4v) is 3.84. The molecule has 9 heteroatoms. The summed E-state index contributed by atoms with van der Waals surface area (Å²) >= 11 is 1.37. The standard InChI is InChI=1S/C23H22N4O4S/c1-29-18-12-11-16(13-19(18)30-2)17-14-32-23(24-17)25-20(28)9-6-10-21-26-22(27-31-21)15-7-4-3-5-8-15/h3-5,7-8,11-14H,6,9-10H2,1-2H3,(H,24,25,28). The van der Waals surface area contributed by atoms with Crippen molar-refractivity contribution < 1.29 is 18.8 Å². The molecule has 0 saturated carbocycles. The molecule has 0 fully saturated rings. The first kappa shape index (κ1) is 21.5. The van der Waals surface area contributed by atoms with Crippen LogP contribution in [0.25, 0.3) is 22.6 Å². The molecule has 1 amide bonds. The molecule has 4 rings (SSSR count). The molecular formula is C23H22N4O4S. The zero-order valence-electron chi connectivity index (χ0n) is 17.7. The lowest BCUT2D eigenvalue weighted by Crippen LogP contribution is -2.11. The van der Waals surface area contributed by atoms with Gasteiger partial charge in [-0.2, -0.15) is 4.98 Å². The summed E-state index contributed by atoms with van der Waals surface area (Å²) in [5.41, 5.74) is 2.53. The first-order valence-corrected chi connectivity index (χ1v) is 10.9. The summed E-state index contributed by atoms with van der Waals surface area (Å²) in [6, 6.07) is 15.2. The summed E-state index contributed by atoms with van der Waals surface area (Å²) in [5, 5.41) is 9.28. The number of aryl methyl sites for hydroxylation is 1. The van der Waals surface area contributed by atoms with E-state index < -0.39 is 0 Å². The van der Waals surface area contributed by atoms with Crippen LogP contribution in [0, 0.1) is 0 Å². The molecule has 0 saturated heterocycles. The Kier molecular flexibility index (Phi) is 6.76. The third-order valence-electron chi connectivity index (χ3n) is 4.72. The molecule has 0 unspecified atom stereocenters. The number of anilines is 1. The van der Waals surface area contributed by atoms with Crippen molar-refractivity contribution in [1.82, 2.24) is 15.1 Å². The molecule has 0 radical (unpaired) electrons. The number of ether oxygens (including phenoxy) is 2. The molecule has 0 spiro atoms. The van der Waals surface area contributed by atoms with E-state index in [-0.39, 0.29) is 5.91 Å². The topological polar surface area (TPSA) is 99.4 Å². The van der Waals surface area contributed by atoms with E-state index in [1.54, 1.807) is 14.2 Å². The number of aromatic nitrogens is 3. The minimum atomic E-state index is -0.110. The van der Waals surface area contributed by atoms with E-state index >= 15 is 0 Å². The zero-order chi connectivity index (χ0) is 22.3. The van der Waals surface area contributed by atoms with Gasteiger partial charge in [-0.25, -0.2) is 4.98 Å².